The lowest BCUT2D eigenvalue weighted by atomic mass is 10.0. The van der Waals surface area contributed by atoms with E-state index in [2.05, 4.69) is 9.97 Å². The molecule has 0 atom stereocenters. The number of rotatable bonds is 2. The van der Waals surface area contributed by atoms with Crippen LogP contribution in [0.2, 0.25) is 0 Å². The second-order valence-corrected chi connectivity index (χ2v) is 5.16. The summed E-state index contributed by atoms with van der Waals surface area (Å²) in [6.07, 6.45) is 4.19. The number of fused-ring (bicyclic) bond motifs is 1. The first-order valence-corrected chi connectivity index (χ1v) is 6.63. The molecule has 5 heteroatoms. The van der Waals surface area contributed by atoms with Gasteiger partial charge in [-0.2, -0.15) is 0 Å². The molecule has 0 saturated carbocycles. The van der Waals surface area contributed by atoms with E-state index < -0.39 is 0 Å². The number of aromatic nitrogens is 2. The number of methoxy groups -OCH3 is 1. The van der Waals surface area contributed by atoms with Gasteiger partial charge in [-0.05, 0) is 18.9 Å². The average Bonchev–Trinajstić information content (AvgIpc) is 2.84. The second kappa shape index (κ2) is 4.49. The van der Waals surface area contributed by atoms with Gasteiger partial charge in [-0.25, -0.2) is 9.97 Å². The number of Topliss-reactive ketones (excluding diaryl/α,β-unsaturated/α-hetero) is 1. The molecule has 0 aliphatic heterocycles. The standard InChI is InChI=1S/C13H12N2O2S/c1-17-11-6-5-8(7-14-11)13-15-9-3-2-4-10(16)12(9)18-13/h5-7H,2-4H2,1H3. The molecule has 0 spiro atoms. The van der Waals surface area contributed by atoms with Crippen molar-refractivity contribution in [2.45, 2.75) is 19.3 Å². The summed E-state index contributed by atoms with van der Waals surface area (Å²) >= 11 is 1.47. The number of ether oxygens (including phenoxy) is 1. The van der Waals surface area contributed by atoms with Gasteiger partial charge in [0.15, 0.2) is 5.78 Å². The van der Waals surface area contributed by atoms with Gasteiger partial charge in [0.1, 0.15) is 5.01 Å². The zero-order chi connectivity index (χ0) is 12.5. The van der Waals surface area contributed by atoms with Crippen molar-refractivity contribution < 1.29 is 9.53 Å². The third-order valence-corrected chi connectivity index (χ3v) is 4.15. The molecule has 18 heavy (non-hydrogen) atoms. The van der Waals surface area contributed by atoms with E-state index in [1.165, 1.54) is 11.3 Å². The molecule has 0 fully saturated rings. The van der Waals surface area contributed by atoms with Gasteiger partial charge in [0.05, 0.1) is 17.7 Å². The van der Waals surface area contributed by atoms with Crippen LogP contribution in [0.4, 0.5) is 0 Å². The summed E-state index contributed by atoms with van der Waals surface area (Å²) in [5, 5.41) is 0.866. The predicted octanol–water partition coefficient (Wildman–Crippen LogP) is 2.73. The summed E-state index contributed by atoms with van der Waals surface area (Å²) in [4.78, 5) is 21.3. The number of hydrogen-bond acceptors (Lipinski definition) is 5. The molecule has 2 heterocycles. The third kappa shape index (κ3) is 1.90. The van der Waals surface area contributed by atoms with Crippen molar-refractivity contribution in [3.05, 3.63) is 28.9 Å². The molecule has 0 saturated heterocycles. The highest BCUT2D eigenvalue weighted by molar-refractivity contribution is 7.17. The largest absolute Gasteiger partial charge is 0.481 e. The Hall–Kier alpha value is -1.75. The van der Waals surface area contributed by atoms with Crippen LogP contribution in [0.15, 0.2) is 18.3 Å². The fraction of sp³-hybridized carbons (Fsp3) is 0.308. The summed E-state index contributed by atoms with van der Waals surface area (Å²) in [5.41, 5.74) is 1.88. The number of hydrogen-bond donors (Lipinski definition) is 0. The monoisotopic (exact) mass is 260 g/mol. The molecular weight excluding hydrogens is 248 g/mol. The van der Waals surface area contributed by atoms with Crippen molar-refractivity contribution in [3.63, 3.8) is 0 Å². The van der Waals surface area contributed by atoms with Gasteiger partial charge in [0.2, 0.25) is 5.88 Å². The van der Waals surface area contributed by atoms with Crippen LogP contribution in [0.3, 0.4) is 0 Å². The maximum absolute atomic E-state index is 11.8. The highest BCUT2D eigenvalue weighted by Crippen LogP contribution is 2.32. The van der Waals surface area contributed by atoms with E-state index in [-0.39, 0.29) is 5.78 Å². The van der Waals surface area contributed by atoms with Crippen LogP contribution in [0.1, 0.15) is 28.2 Å². The Kier molecular flexibility index (Phi) is 2.83. The normalized spacial score (nSPS) is 14.4. The zero-order valence-electron chi connectivity index (χ0n) is 9.97. The topological polar surface area (TPSA) is 52.1 Å². The molecule has 0 bridgehead atoms. The van der Waals surface area contributed by atoms with Crippen LogP contribution in [-0.4, -0.2) is 22.9 Å². The molecule has 3 rings (SSSR count). The number of thiazole rings is 1. The Bertz CT molecular complexity index is 590. The second-order valence-electron chi connectivity index (χ2n) is 4.16. The van der Waals surface area contributed by atoms with Crippen LogP contribution in [0, 0.1) is 0 Å². The minimum atomic E-state index is 0.224. The minimum Gasteiger partial charge on any atom is -0.481 e. The molecule has 1 aliphatic carbocycles. The number of aryl methyl sites for hydroxylation is 1. The maximum atomic E-state index is 11.8. The number of carbonyl (C=O) groups excluding carboxylic acids is 1. The fourth-order valence-electron chi connectivity index (χ4n) is 2.02. The summed E-state index contributed by atoms with van der Waals surface area (Å²) in [6, 6.07) is 3.72. The first-order valence-electron chi connectivity index (χ1n) is 5.81. The number of pyridine rings is 1. The fourth-order valence-corrected chi connectivity index (χ4v) is 3.09. The lowest BCUT2D eigenvalue weighted by molar-refractivity contribution is 0.0976. The van der Waals surface area contributed by atoms with E-state index in [1.807, 2.05) is 6.07 Å². The molecule has 0 amide bonds. The molecule has 0 unspecified atom stereocenters. The SMILES string of the molecule is COc1ccc(-c2nc3c(s2)C(=O)CCC3)cn1. The van der Waals surface area contributed by atoms with Gasteiger partial charge in [0, 0.05) is 24.2 Å². The summed E-state index contributed by atoms with van der Waals surface area (Å²) in [5.74, 6) is 0.803. The van der Waals surface area contributed by atoms with E-state index in [0.717, 1.165) is 34.0 Å². The van der Waals surface area contributed by atoms with Gasteiger partial charge in [-0.1, -0.05) is 0 Å². The van der Waals surface area contributed by atoms with Crippen molar-refractivity contribution in [1.29, 1.82) is 0 Å². The lowest BCUT2D eigenvalue weighted by Crippen LogP contribution is -2.07. The van der Waals surface area contributed by atoms with Crippen LogP contribution >= 0.6 is 11.3 Å². The first kappa shape index (κ1) is 11.3. The van der Waals surface area contributed by atoms with E-state index in [9.17, 15) is 4.79 Å². The van der Waals surface area contributed by atoms with Crippen LogP contribution in [-0.2, 0) is 6.42 Å². The lowest BCUT2D eigenvalue weighted by Gasteiger charge is -2.06. The molecule has 0 aromatic carbocycles. The molecule has 1 aliphatic rings. The zero-order valence-corrected chi connectivity index (χ0v) is 10.8. The maximum Gasteiger partial charge on any atom is 0.212 e. The Labute approximate surface area is 109 Å². The molecule has 0 N–H and O–H groups in total. The Morgan fingerprint density at radius 2 is 2.22 bits per heavy atom. The Morgan fingerprint density at radius 1 is 1.33 bits per heavy atom. The van der Waals surface area contributed by atoms with E-state index >= 15 is 0 Å². The van der Waals surface area contributed by atoms with Gasteiger partial charge >= 0.3 is 0 Å². The van der Waals surface area contributed by atoms with Crippen molar-refractivity contribution in [1.82, 2.24) is 9.97 Å². The van der Waals surface area contributed by atoms with Crippen molar-refractivity contribution in [2.24, 2.45) is 0 Å². The molecule has 2 aromatic heterocycles. The molecule has 2 aromatic rings. The number of ketones is 1. The van der Waals surface area contributed by atoms with Crippen LogP contribution < -0.4 is 4.74 Å². The quantitative estimate of drug-likeness (QED) is 0.833. The van der Waals surface area contributed by atoms with Crippen molar-refractivity contribution >= 4 is 17.1 Å². The predicted molar refractivity (Wildman–Crippen MR) is 69.2 cm³/mol. The van der Waals surface area contributed by atoms with E-state index in [0.29, 0.717) is 12.3 Å². The van der Waals surface area contributed by atoms with Gasteiger partial charge in [-0.3, -0.25) is 4.79 Å². The molecular formula is C13H12N2O2S. The number of carbonyl (C=O) groups is 1. The van der Waals surface area contributed by atoms with Crippen LogP contribution in [0.5, 0.6) is 5.88 Å². The van der Waals surface area contributed by atoms with Crippen LogP contribution in [0.25, 0.3) is 10.6 Å². The van der Waals surface area contributed by atoms with Gasteiger partial charge < -0.3 is 4.74 Å². The van der Waals surface area contributed by atoms with Gasteiger partial charge in [-0.15, -0.1) is 11.3 Å². The number of nitrogens with zero attached hydrogens (tertiary/aromatic N) is 2. The molecule has 4 nitrogen and oxygen atoms in total. The summed E-state index contributed by atoms with van der Waals surface area (Å²) in [7, 11) is 1.59. The average molecular weight is 260 g/mol. The van der Waals surface area contributed by atoms with Gasteiger partial charge in [0.25, 0.3) is 0 Å². The molecule has 0 radical (unpaired) electrons. The first-order chi connectivity index (χ1) is 8.78. The Balaban J connectivity index is 1.99. The van der Waals surface area contributed by atoms with Crippen molar-refractivity contribution in [2.75, 3.05) is 7.11 Å². The van der Waals surface area contributed by atoms with E-state index in [4.69, 9.17) is 4.74 Å². The van der Waals surface area contributed by atoms with Crippen molar-refractivity contribution in [3.8, 4) is 16.5 Å². The third-order valence-electron chi connectivity index (χ3n) is 2.96. The van der Waals surface area contributed by atoms with E-state index in [1.54, 1.807) is 19.4 Å². The highest BCUT2D eigenvalue weighted by Gasteiger charge is 2.22. The Morgan fingerprint density at radius 3 is 2.89 bits per heavy atom. The minimum absolute atomic E-state index is 0.224. The summed E-state index contributed by atoms with van der Waals surface area (Å²) < 4.78 is 5.02. The highest BCUT2D eigenvalue weighted by atomic mass is 32.1. The molecule has 92 valence electrons. The smallest absolute Gasteiger partial charge is 0.212 e. The summed E-state index contributed by atoms with van der Waals surface area (Å²) in [6.45, 7) is 0.